The molecule has 2 aromatic rings. The van der Waals surface area contributed by atoms with Crippen LogP contribution < -0.4 is 0 Å². The highest BCUT2D eigenvalue weighted by Crippen LogP contribution is 2.26. The quantitative estimate of drug-likeness (QED) is 0.448. The molecule has 2 nitrogen and oxygen atoms in total. The van der Waals surface area contributed by atoms with Crippen molar-refractivity contribution in [3.63, 3.8) is 0 Å². The van der Waals surface area contributed by atoms with Gasteiger partial charge in [0.15, 0.2) is 0 Å². The molecule has 2 rings (SSSR count). The monoisotopic (exact) mass is 491 g/mol. The summed E-state index contributed by atoms with van der Waals surface area (Å²) in [4.78, 5) is 4.43. The lowest BCUT2D eigenvalue weighted by Crippen LogP contribution is -1.88. The standard InChI is InChI=1S/C16H15I2NO/c1-10(2)11-3-5-14(6-4-11)19-9-12-7-13(17)8-15(18)16(12)20/h3-10,20H,1-2H3. The Bertz CT molecular complexity index is 634. The van der Waals surface area contributed by atoms with Gasteiger partial charge >= 0.3 is 0 Å². The van der Waals surface area contributed by atoms with Crippen molar-refractivity contribution >= 4 is 57.1 Å². The summed E-state index contributed by atoms with van der Waals surface area (Å²) in [7, 11) is 0. The smallest absolute Gasteiger partial charge is 0.137 e. The molecule has 0 aromatic heterocycles. The van der Waals surface area contributed by atoms with Crippen LogP contribution in [0.25, 0.3) is 0 Å². The Morgan fingerprint density at radius 2 is 1.75 bits per heavy atom. The maximum Gasteiger partial charge on any atom is 0.137 e. The van der Waals surface area contributed by atoms with Crippen molar-refractivity contribution in [1.29, 1.82) is 0 Å². The van der Waals surface area contributed by atoms with Crippen molar-refractivity contribution in [3.05, 3.63) is 54.7 Å². The summed E-state index contributed by atoms with van der Waals surface area (Å²) >= 11 is 4.36. The van der Waals surface area contributed by atoms with Gasteiger partial charge in [0.25, 0.3) is 0 Å². The molecule has 0 atom stereocenters. The first-order valence-corrected chi connectivity index (χ1v) is 8.45. The molecule has 0 spiro atoms. The third-order valence-corrected chi connectivity index (χ3v) is 4.42. The normalized spacial score (nSPS) is 11.4. The number of phenolic OH excluding ortho intramolecular Hbond substituents is 1. The van der Waals surface area contributed by atoms with Crippen LogP contribution in [0.2, 0.25) is 0 Å². The van der Waals surface area contributed by atoms with Crippen molar-refractivity contribution in [2.45, 2.75) is 19.8 Å². The number of hydrogen-bond donors (Lipinski definition) is 1. The van der Waals surface area contributed by atoms with Gasteiger partial charge in [0, 0.05) is 15.3 Å². The van der Waals surface area contributed by atoms with Crippen molar-refractivity contribution in [3.8, 4) is 5.75 Å². The first-order chi connectivity index (χ1) is 9.47. The molecular formula is C16H15I2NO. The molecule has 0 aliphatic rings. The van der Waals surface area contributed by atoms with Gasteiger partial charge in [0.1, 0.15) is 5.75 Å². The summed E-state index contributed by atoms with van der Waals surface area (Å²) in [6.45, 7) is 4.34. The summed E-state index contributed by atoms with van der Waals surface area (Å²) in [6.07, 6.45) is 1.71. The molecule has 0 bridgehead atoms. The van der Waals surface area contributed by atoms with Crippen molar-refractivity contribution in [2.24, 2.45) is 4.99 Å². The van der Waals surface area contributed by atoms with E-state index in [1.165, 1.54) is 5.56 Å². The van der Waals surface area contributed by atoms with Crippen LogP contribution in [-0.2, 0) is 0 Å². The Labute approximate surface area is 146 Å². The largest absolute Gasteiger partial charge is 0.506 e. The number of phenols is 1. The van der Waals surface area contributed by atoms with Crippen LogP contribution in [0.4, 0.5) is 5.69 Å². The summed E-state index contributed by atoms with van der Waals surface area (Å²) in [6, 6.07) is 12.0. The van der Waals surface area contributed by atoms with E-state index < -0.39 is 0 Å². The van der Waals surface area contributed by atoms with Gasteiger partial charge in [0.2, 0.25) is 0 Å². The highest BCUT2D eigenvalue weighted by molar-refractivity contribution is 14.1. The van der Waals surface area contributed by atoms with Gasteiger partial charge in [-0.3, -0.25) is 4.99 Å². The minimum absolute atomic E-state index is 0.286. The van der Waals surface area contributed by atoms with Crippen LogP contribution in [0.15, 0.2) is 41.4 Å². The molecule has 104 valence electrons. The number of nitrogens with zero attached hydrogens (tertiary/aromatic N) is 1. The second-order valence-electron chi connectivity index (χ2n) is 4.83. The molecule has 0 saturated carbocycles. The van der Waals surface area contributed by atoms with Gasteiger partial charge in [-0.1, -0.05) is 26.0 Å². The van der Waals surface area contributed by atoms with E-state index in [0.717, 1.165) is 18.4 Å². The Morgan fingerprint density at radius 1 is 1.10 bits per heavy atom. The third-order valence-electron chi connectivity index (χ3n) is 2.97. The highest BCUT2D eigenvalue weighted by Gasteiger charge is 2.05. The molecule has 20 heavy (non-hydrogen) atoms. The zero-order valence-electron chi connectivity index (χ0n) is 11.3. The van der Waals surface area contributed by atoms with Gasteiger partial charge in [-0.15, -0.1) is 0 Å². The van der Waals surface area contributed by atoms with Crippen LogP contribution in [0.3, 0.4) is 0 Å². The minimum atomic E-state index is 0.286. The fourth-order valence-corrected chi connectivity index (χ4v) is 3.66. The van der Waals surface area contributed by atoms with Crippen molar-refractivity contribution < 1.29 is 5.11 Å². The predicted octanol–water partition coefficient (Wildman–Crippen LogP) is 5.48. The molecule has 0 amide bonds. The van der Waals surface area contributed by atoms with Crippen molar-refractivity contribution in [2.75, 3.05) is 0 Å². The second kappa shape index (κ2) is 6.89. The summed E-state index contributed by atoms with van der Waals surface area (Å²) in [5.74, 6) is 0.808. The van der Waals surface area contributed by atoms with Crippen LogP contribution >= 0.6 is 45.2 Å². The Hall–Kier alpha value is -0.630. The number of halogens is 2. The summed E-state index contributed by atoms with van der Waals surface area (Å²) in [5.41, 5.74) is 2.94. The Morgan fingerprint density at radius 3 is 2.35 bits per heavy atom. The van der Waals surface area contributed by atoms with E-state index in [2.05, 4.69) is 76.2 Å². The molecule has 1 N–H and O–H groups in total. The second-order valence-corrected chi connectivity index (χ2v) is 7.24. The number of aliphatic imine (C=N–C) groups is 1. The molecule has 0 aliphatic heterocycles. The fourth-order valence-electron chi connectivity index (χ4n) is 1.77. The lowest BCUT2D eigenvalue weighted by molar-refractivity contribution is 0.470. The fraction of sp³-hybridized carbons (Fsp3) is 0.188. The van der Waals surface area contributed by atoms with E-state index in [-0.39, 0.29) is 5.75 Å². The van der Waals surface area contributed by atoms with E-state index in [9.17, 15) is 5.11 Å². The number of hydrogen-bond acceptors (Lipinski definition) is 2. The SMILES string of the molecule is CC(C)c1ccc(N=Cc2cc(I)cc(I)c2O)cc1. The van der Waals surface area contributed by atoms with Gasteiger partial charge < -0.3 is 5.11 Å². The van der Waals surface area contributed by atoms with Crippen LogP contribution in [0.5, 0.6) is 5.75 Å². The summed E-state index contributed by atoms with van der Waals surface area (Å²) < 4.78 is 1.92. The molecular weight excluding hydrogens is 476 g/mol. The Balaban J connectivity index is 2.25. The first-order valence-electron chi connectivity index (χ1n) is 6.29. The average Bonchev–Trinajstić information content (AvgIpc) is 2.41. The Kier molecular flexibility index (Phi) is 5.42. The third kappa shape index (κ3) is 3.94. The van der Waals surface area contributed by atoms with Crippen LogP contribution in [0.1, 0.15) is 30.9 Å². The van der Waals surface area contributed by atoms with Gasteiger partial charge in [-0.05, 0) is 80.9 Å². The van der Waals surface area contributed by atoms with Gasteiger partial charge in [-0.25, -0.2) is 0 Å². The molecule has 4 heteroatoms. The predicted molar refractivity (Wildman–Crippen MR) is 101 cm³/mol. The van der Waals surface area contributed by atoms with Crippen molar-refractivity contribution in [1.82, 2.24) is 0 Å². The first kappa shape index (κ1) is 15.8. The molecule has 0 heterocycles. The van der Waals surface area contributed by atoms with E-state index in [1.807, 2.05) is 24.3 Å². The van der Waals surface area contributed by atoms with Crippen LogP contribution in [-0.4, -0.2) is 11.3 Å². The number of aromatic hydroxyl groups is 1. The molecule has 0 unspecified atom stereocenters. The van der Waals surface area contributed by atoms with E-state index in [4.69, 9.17) is 0 Å². The number of rotatable bonds is 3. The highest BCUT2D eigenvalue weighted by atomic mass is 127. The van der Waals surface area contributed by atoms with Crippen LogP contribution in [0, 0.1) is 7.14 Å². The topological polar surface area (TPSA) is 32.6 Å². The zero-order valence-corrected chi connectivity index (χ0v) is 15.6. The molecule has 0 radical (unpaired) electrons. The maximum absolute atomic E-state index is 10.0. The lowest BCUT2D eigenvalue weighted by Gasteiger charge is -2.05. The molecule has 0 fully saturated rings. The van der Waals surface area contributed by atoms with E-state index in [0.29, 0.717) is 5.92 Å². The maximum atomic E-state index is 10.0. The van der Waals surface area contributed by atoms with E-state index >= 15 is 0 Å². The zero-order chi connectivity index (χ0) is 14.7. The van der Waals surface area contributed by atoms with Gasteiger partial charge in [0.05, 0.1) is 9.26 Å². The van der Waals surface area contributed by atoms with Gasteiger partial charge in [-0.2, -0.15) is 0 Å². The average molecular weight is 491 g/mol. The minimum Gasteiger partial charge on any atom is -0.506 e. The summed E-state index contributed by atoms with van der Waals surface area (Å²) in [5, 5.41) is 10.0. The number of benzene rings is 2. The molecule has 0 aliphatic carbocycles. The lowest BCUT2D eigenvalue weighted by atomic mass is 10.0. The van der Waals surface area contributed by atoms with E-state index in [1.54, 1.807) is 6.21 Å². The molecule has 2 aromatic carbocycles. The molecule has 0 saturated heterocycles.